The van der Waals surface area contributed by atoms with Crippen molar-refractivity contribution in [2.75, 3.05) is 14.2 Å². The number of carbonyl (C=O) groups excluding carboxylic acids is 2. The second-order valence-electron chi connectivity index (χ2n) is 9.63. The number of pyridine rings is 1. The van der Waals surface area contributed by atoms with E-state index < -0.39 is 5.41 Å². The third-order valence-electron chi connectivity index (χ3n) is 7.20. The first-order chi connectivity index (χ1) is 18.3. The number of methoxy groups -OCH3 is 2. The van der Waals surface area contributed by atoms with Gasteiger partial charge in [-0.3, -0.25) is 14.6 Å². The van der Waals surface area contributed by atoms with Gasteiger partial charge in [-0.25, -0.2) is 4.39 Å². The molecule has 1 aliphatic rings. The summed E-state index contributed by atoms with van der Waals surface area (Å²) < 4.78 is 30.2. The lowest BCUT2D eigenvalue weighted by molar-refractivity contribution is -0.133. The Bertz CT molecular complexity index is 1530. The molecule has 0 unspecified atom stereocenters. The van der Waals surface area contributed by atoms with Gasteiger partial charge in [0.05, 0.1) is 25.2 Å². The van der Waals surface area contributed by atoms with Crippen molar-refractivity contribution in [2.45, 2.75) is 32.6 Å². The molecule has 38 heavy (non-hydrogen) atoms. The topological polar surface area (TPSA) is 74.7 Å². The van der Waals surface area contributed by atoms with Crippen LogP contribution in [-0.2, 0) is 22.4 Å². The number of halogens is 1. The molecule has 0 aliphatic heterocycles. The van der Waals surface area contributed by atoms with E-state index >= 15 is 0 Å². The van der Waals surface area contributed by atoms with Crippen LogP contribution in [0.15, 0.2) is 66.9 Å². The average molecular weight is 514 g/mol. The van der Waals surface area contributed by atoms with E-state index in [1.54, 1.807) is 44.7 Å². The van der Waals surface area contributed by atoms with Crippen LogP contribution in [0.5, 0.6) is 23.0 Å². The van der Waals surface area contributed by atoms with Gasteiger partial charge >= 0.3 is 0 Å². The molecule has 0 atom stereocenters. The van der Waals surface area contributed by atoms with Gasteiger partial charge in [-0.15, -0.1) is 0 Å². The Kier molecular flexibility index (Phi) is 6.85. The maximum Gasteiger partial charge on any atom is 0.162 e. The maximum absolute atomic E-state index is 13.2. The zero-order chi connectivity index (χ0) is 26.9. The van der Waals surface area contributed by atoms with Gasteiger partial charge in [0.2, 0.25) is 0 Å². The summed E-state index contributed by atoms with van der Waals surface area (Å²) in [6, 6.07) is 16.8. The van der Waals surface area contributed by atoms with Gasteiger partial charge in [0, 0.05) is 30.5 Å². The molecule has 0 N–H and O–H groups in total. The van der Waals surface area contributed by atoms with Gasteiger partial charge in [-0.1, -0.05) is 18.2 Å². The summed E-state index contributed by atoms with van der Waals surface area (Å²) in [5, 5.41) is 0.775. The third kappa shape index (κ3) is 4.96. The number of rotatable bonds is 10. The van der Waals surface area contributed by atoms with Crippen LogP contribution in [0.1, 0.15) is 29.5 Å². The average Bonchev–Trinajstić information content (AvgIpc) is 3.73. The first-order valence-corrected chi connectivity index (χ1v) is 12.4. The monoisotopic (exact) mass is 513 g/mol. The van der Waals surface area contributed by atoms with Gasteiger partial charge in [0.25, 0.3) is 0 Å². The third-order valence-corrected chi connectivity index (χ3v) is 7.20. The lowest BCUT2D eigenvalue weighted by atomic mass is 9.87. The fourth-order valence-electron chi connectivity index (χ4n) is 4.73. The molecule has 0 spiro atoms. The Morgan fingerprint density at radius 1 is 0.868 bits per heavy atom. The van der Waals surface area contributed by atoms with E-state index in [-0.39, 0.29) is 30.2 Å². The SMILES string of the molecule is COc1cc2nccc(Oc3ccc(CC(=O)C4(C(=O)Cc5ccc(F)cc5)CC4)c(C)c3)c2cc1OC. The van der Waals surface area contributed by atoms with Crippen molar-refractivity contribution >= 4 is 22.5 Å². The number of benzene rings is 3. The van der Waals surface area contributed by atoms with Crippen LogP contribution in [0.4, 0.5) is 4.39 Å². The van der Waals surface area contributed by atoms with Crippen LogP contribution in [0, 0.1) is 18.2 Å². The molecule has 1 saturated carbocycles. The number of ether oxygens (including phenoxy) is 3. The lowest BCUT2D eigenvalue weighted by Crippen LogP contribution is -2.29. The molecule has 3 aromatic carbocycles. The van der Waals surface area contributed by atoms with E-state index in [0.29, 0.717) is 46.9 Å². The fourth-order valence-corrected chi connectivity index (χ4v) is 4.73. The predicted octanol–water partition coefficient (Wildman–Crippen LogP) is 6.20. The summed E-state index contributed by atoms with van der Waals surface area (Å²) in [5.41, 5.74) is 2.25. The first kappa shape index (κ1) is 25.4. The summed E-state index contributed by atoms with van der Waals surface area (Å²) in [6.07, 6.45) is 3.11. The van der Waals surface area contributed by atoms with Crippen molar-refractivity contribution in [1.82, 2.24) is 4.98 Å². The van der Waals surface area contributed by atoms with E-state index in [1.165, 1.54) is 12.1 Å². The summed E-state index contributed by atoms with van der Waals surface area (Å²) in [5.74, 6) is 1.88. The van der Waals surface area contributed by atoms with Crippen LogP contribution >= 0.6 is 0 Å². The smallest absolute Gasteiger partial charge is 0.162 e. The number of aromatic nitrogens is 1. The minimum absolute atomic E-state index is 0.0671. The predicted molar refractivity (Wildman–Crippen MR) is 142 cm³/mol. The van der Waals surface area contributed by atoms with E-state index in [4.69, 9.17) is 14.2 Å². The number of Topliss-reactive ketones (excluding diaryl/α,β-unsaturated/α-hetero) is 2. The molecular formula is C31H28FNO5. The highest BCUT2D eigenvalue weighted by atomic mass is 19.1. The van der Waals surface area contributed by atoms with Crippen LogP contribution < -0.4 is 14.2 Å². The van der Waals surface area contributed by atoms with Crippen LogP contribution in [0.25, 0.3) is 10.9 Å². The molecule has 5 rings (SSSR count). The quantitative estimate of drug-likeness (QED) is 0.235. The number of ketones is 2. The number of nitrogens with zero attached hydrogens (tertiary/aromatic N) is 1. The minimum Gasteiger partial charge on any atom is -0.493 e. The van der Waals surface area contributed by atoms with Crippen LogP contribution in [-0.4, -0.2) is 30.8 Å². The Morgan fingerprint density at radius 3 is 2.21 bits per heavy atom. The molecule has 1 fully saturated rings. The van der Waals surface area contributed by atoms with Crippen molar-refractivity contribution in [3.63, 3.8) is 0 Å². The molecule has 6 nitrogen and oxygen atoms in total. The van der Waals surface area contributed by atoms with E-state index in [1.807, 2.05) is 31.2 Å². The van der Waals surface area contributed by atoms with Gasteiger partial charge in [-0.2, -0.15) is 0 Å². The molecule has 4 aromatic rings. The van der Waals surface area contributed by atoms with E-state index in [2.05, 4.69) is 4.98 Å². The molecule has 1 heterocycles. The highest BCUT2D eigenvalue weighted by Gasteiger charge is 2.54. The van der Waals surface area contributed by atoms with Crippen molar-refractivity contribution in [2.24, 2.45) is 5.41 Å². The first-order valence-electron chi connectivity index (χ1n) is 12.4. The number of carbonyl (C=O) groups is 2. The second-order valence-corrected chi connectivity index (χ2v) is 9.63. The number of hydrogen-bond donors (Lipinski definition) is 0. The van der Waals surface area contributed by atoms with Crippen LogP contribution in [0.3, 0.4) is 0 Å². The molecule has 1 aromatic heterocycles. The van der Waals surface area contributed by atoms with Crippen molar-refractivity contribution in [3.8, 4) is 23.0 Å². The summed E-state index contributed by atoms with van der Waals surface area (Å²) in [7, 11) is 3.15. The summed E-state index contributed by atoms with van der Waals surface area (Å²) >= 11 is 0. The molecule has 0 amide bonds. The molecule has 0 bridgehead atoms. The normalized spacial score (nSPS) is 13.7. The molecule has 194 valence electrons. The lowest BCUT2D eigenvalue weighted by Gasteiger charge is -2.15. The Morgan fingerprint density at radius 2 is 1.55 bits per heavy atom. The molecule has 0 saturated heterocycles. The van der Waals surface area contributed by atoms with Crippen molar-refractivity contribution in [1.29, 1.82) is 0 Å². The minimum atomic E-state index is -0.925. The van der Waals surface area contributed by atoms with Crippen molar-refractivity contribution in [3.05, 3.63) is 89.4 Å². The summed E-state index contributed by atoms with van der Waals surface area (Å²) in [4.78, 5) is 30.6. The Balaban J connectivity index is 1.31. The summed E-state index contributed by atoms with van der Waals surface area (Å²) in [6.45, 7) is 1.92. The highest BCUT2D eigenvalue weighted by Crippen LogP contribution is 2.49. The maximum atomic E-state index is 13.2. The molecule has 1 aliphatic carbocycles. The Labute approximate surface area is 220 Å². The van der Waals surface area contributed by atoms with Gasteiger partial charge < -0.3 is 14.2 Å². The van der Waals surface area contributed by atoms with E-state index in [9.17, 15) is 14.0 Å². The largest absolute Gasteiger partial charge is 0.493 e. The van der Waals surface area contributed by atoms with Gasteiger partial charge in [0.15, 0.2) is 23.1 Å². The zero-order valence-electron chi connectivity index (χ0n) is 21.5. The Hall–Kier alpha value is -4.26. The highest BCUT2D eigenvalue weighted by molar-refractivity contribution is 6.11. The van der Waals surface area contributed by atoms with Crippen molar-refractivity contribution < 1.29 is 28.2 Å². The fraction of sp³-hybridized carbons (Fsp3) is 0.258. The van der Waals surface area contributed by atoms with E-state index in [0.717, 1.165) is 16.5 Å². The molecule has 7 heteroatoms. The second kappa shape index (κ2) is 10.2. The van der Waals surface area contributed by atoms with Gasteiger partial charge in [0.1, 0.15) is 17.3 Å². The number of aryl methyl sites for hydroxylation is 1. The van der Waals surface area contributed by atoms with Crippen LogP contribution in [0.2, 0.25) is 0 Å². The molecular weight excluding hydrogens is 485 g/mol. The standard InChI is InChI=1S/C31H28FNO5/c1-19-14-23(38-26-10-13-33-25-18-28(37-3)27(36-2)17-24(25)26)9-6-21(19)16-30(35)31(11-12-31)29(34)15-20-4-7-22(32)8-5-20/h4-10,13-14,17-18H,11-12,15-16H2,1-3H3. The number of fused-ring (bicyclic) bond motifs is 1. The zero-order valence-corrected chi connectivity index (χ0v) is 21.5. The molecule has 0 radical (unpaired) electrons. The van der Waals surface area contributed by atoms with Gasteiger partial charge in [-0.05, 0) is 72.9 Å². The number of hydrogen-bond acceptors (Lipinski definition) is 6.